The van der Waals surface area contributed by atoms with E-state index in [2.05, 4.69) is 0 Å². The monoisotopic (exact) mass is 243 g/mol. The first-order chi connectivity index (χ1) is 7.70. The molecule has 1 saturated heterocycles. The summed E-state index contributed by atoms with van der Waals surface area (Å²) in [5.41, 5.74) is -0.510. The summed E-state index contributed by atoms with van der Waals surface area (Å²) in [6.07, 6.45) is 0.142. The first-order valence-corrected chi connectivity index (χ1v) is 5.91. The molecule has 0 aromatic rings. The molecule has 1 heterocycles. The van der Waals surface area contributed by atoms with Crippen LogP contribution in [-0.2, 0) is 9.53 Å². The predicted octanol–water partition coefficient (Wildman–Crippen LogP) is 1.96. The minimum atomic E-state index is -0.777. The summed E-state index contributed by atoms with van der Waals surface area (Å²) in [6, 6.07) is 0. The molecule has 1 amide bonds. The molecule has 0 aliphatic carbocycles. The number of carbonyl (C=O) groups is 2. The zero-order valence-electron chi connectivity index (χ0n) is 10.9. The number of hydrogen-bond acceptors (Lipinski definition) is 3. The van der Waals surface area contributed by atoms with Crippen LogP contribution >= 0.6 is 0 Å². The third-order valence-corrected chi connectivity index (χ3v) is 2.87. The highest BCUT2D eigenvalue weighted by molar-refractivity contribution is 5.72. The van der Waals surface area contributed by atoms with Gasteiger partial charge >= 0.3 is 12.1 Å². The molecule has 1 fully saturated rings. The molecule has 0 aromatic carbocycles. The normalized spacial score (nSPS) is 25.5. The molecule has 0 aromatic heterocycles. The summed E-state index contributed by atoms with van der Waals surface area (Å²) in [5, 5.41) is 8.99. The molecule has 5 heteroatoms. The Labute approximate surface area is 102 Å². The van der Waals surface area contributed by atoms with E-state index in [9.17, 15) is 9.59 Å². The molecule has 98 valence electrons. The lowest BCUT2D eigenvalue weighted by molar-refractivity contribution is -0.145. The number of nitrogens with zero attached hydrogens (tertiary/aromatic N) is 1. The van der Waals surface area contributed by atoms with Crippen molar-refractivity contribution in [3.8, 4) is 0 Å². The second-order valence-corrected chi connectivity index (χ2v) is 5.64. The van der Waals surface area contributed by atoms with Crippen molar-refractivity contribution in [2.75, 3.05) is 13.1 Å². The van der Waals surface area contributed by atoms with Crippen molar-refractivity contribution in [2.24, 2.45) is 11.8 Å². The Morgan fingerprint density at radius 3 is 2.35 bits per heavy atom. The Morgan fingerprint density at radius 1 is 1.35 bits per heavy atom. The number of aliphatic carboxylic acids is 1. The maximum Gasteiger partial charge on any atom is 0.410 e. The van der Waals surface area contributed by atoms with E-state index in [-0.39, 0.29) is 17.9 Å². The average molecular weight is 243 g/mol. The van der Waals surface area contributed by atoms with Gasteiger partial charge in [0, 0.05) is 13.1 Å². The minimum absolute atomic E-state index is 0.0335. The van der Waals surface area contributed by atoms with E-state index < -0.39 is 11.6 Å². The van der Waals surface area contributed by atoms with E-state index >= 15 is 0 Å². The van der Waals surface area contributed by atoms with Crippen molar-refractivity contribution < 1.29 is 19.4 Å². The van der Waals surface area contributed by atoms with Gasteiger partial charge in [-0.2, -0.15) is 0 Å². The highest BCUT2D eigenvalue weighted by Crippen LogP contribution is 2.24. The van der Waals surface area contributed by atoms with Gasteiger partial charge in [0.1, 0.15) is 5.60 Å². The highest BCUT2D eigenvalue weighted by atomic mass is 16.6. The van der Waals surface area contributed by atoms with Gasteiger partial charge in [0.25, 0.3) is 0 Å². The van der Waals surface area contributed by atoms with Crippen LogP contribution in [0.25, 0.3) is 0 Å². The molecule has 1 aliphatic rings. The molecular formula is C12H21NO4. The van der Waals surface area contributed by atoms with E-state index in [1.54, 1.807) is 4.90 Å². The Bertz CT molecular complexity index is 308. The van der Waals surface area contributed by atoms with Gasteiger partial charge in [-0.25, -0.2) is 4.79 Å². The number of ether oxygens (including phenoxy) is 1. The van der Waals surface area contributed by atoms with Crippen LogP contribution in [0.2, 0.25) is 0 Å². The lowest BCUT2D eigenvalue weighted by Crippen LogP contribution is -2.46. The lowest BCUT2D eigenvalue weighted by Gasteiger charge is -2.35. The Morgan fingerprint density at radius 2 is 1.94 bits per heavy atom. The summed E-state index contributed by atoms with van der Waals surface area (Å²) in [5.74, 6) is -1.16. The summed E-state index contributed by atoms with van der Waals surface area (Å²) in [6.45, 7) is 8.21. The van der Waals surface area contributed by atoms with Crippen molar-refractivity contribution in [3.63, 3.8) is 0 Å². The topological polar surface area (TPSA) is 66.8 Å². The van der Waals surface area contributed by atoms with Gasteiger partial charge in [0.15, 0.2) is 0 Å². The summed E-state index contributed by atoms with van der Waals surface area (Å²) < 4.78 is 5.26. The molecule has 1 N–H and O–H groups in total. The average Bonchev–Trinajstić information content (AvgIpc) is 2.14. The first kappa shape index (κ1) is 13.8. The van der Waals surface area contributed by atoms with Gasteiger partial charge in [0.2, 0.25) is 0 Å². The lowest BCUT2D eigenvalue weighted by atomic mass is 9.87. The quantitative estimate of drug-likeness (QED) is 0.764. The van der Waals surface area contributed by atoms with Gasteiger partial charge in [-0.15, -0.1) is 0 Å². The van der Waals surface area contributed by atoms with Crippen LogP contribution in [0.4, 0.5) is 4.79 Å². The smallest absolute Gasteiger partial charge is 0.410 e. The first-order valence-electron chi connectivity index (χ1n) is 5.91. The fourth-order valence-corrected chi connectivity index (χ4v) is 2.00. The van der Waals surface area contributed by atoms with E-state index in [1.165, 1.54) is 0 Å². The highest BCUT2D eigenvalue weighted by Gasteiger charge is 2.34. The number of carbonyl (C=O) groups excluding carboxylic acids is 1. The molecule has 0 radical (unpaired) electrons. The molecule has 0 saturated carbocycles. The Hall–Kier alpha value is -1.26. The number of rotatable bonds is 1. The maximum absolute atomic E-state index is 11.8. The zero-order chi connectivity index (χ0) is 13.2. The van der Waals surface area contributed by atoms with Crippen LogP contribution in [-0.4, -0.2) is 40.8 Å². The van der Waals surface area contributed by atoms with E-state index in [4.69, 9.17) is 9.84 Å². The molecule has 2 atom stereocenters. The van der Waals surface area contributed by atoms with Gasteiger partial charge in [-0.05, 0) is 33.1 Å². The van der Waals surface area contributed by atoms with Crippen LogP contribution in [0.5, 0.6) is 0 Å². The van der Waals surface area contributed by atoms with Gasteiger partial charge in [-0.3, -0.25) is 4.79 Å². The molecule has 0 spiro atoms. The van der Waals surface area contributed by atoms with Crippen LogP contribution < -0.4 is 0 Å². The number of piperidine rings is 1. The molecule has 1 rings (SSSR count). The largest absolute Gasteiger partial charge is 0.481 e. The van der Waals surface area contributed by atoms with Crippen molar-refractivity contribution in [2.45, 2.75) is 39.7 Å². The van der Waals surface area contributed by atoms with E-state index in [0.29, 0.717) is 19.5 Å². The number of likely N-dealkylation sites (tertiary alicyclic amines) is 1. The summed E-state index contributed by atoms with van der Waals surface area (Å²) in [4.78, 5) is 24.3. The summed E-state index contributed by atoms with van der Waals surface area (Å²) >= 11 is 0. The van der Waals surface area contributed by atoms with Gasteiger partial charge in [0.05, 0.1) is 5.92 Å². The fraction of sp³-hybridized carbons (Fsp3) is 0.833. The van der Waals surface area contributed by atoms with Crippen molar-refractivity contribution >= 4 is 12.1 Å². The number of carboxylic acid groups (broad SMARTS) is 1. The van der Waals surface area contributed by atoms with Crippen molar-refractivity contribution in [1.29, 1.82) is 0 Å². The van der Waals surface area contributed by atoms with Crippen LogP contribution in [0.15, 0.2) is 0 Å². The molecule has 1 unspecified atom stereocenters. The van der Waals surface area contributed by atoms with Gasteiger partial charge < -0.3 is 14.7 Å². The number of amides is 1. The van der Waals surface area contributed by atoms with E-state index in [1.807, 2.05) is 27.7 Å². The number of carboxylic acids is 1. The third-order valence-electron chi connectivity index (χ3n) is 2.87. The van der Waals surface area contributed by atoms with Crippen molar-refractivity contribution in [3.05, 3.63) is 0 Å². The molecule has 17 heavy (non-hydrogen) atoms. The van der Waals surface area contributed by atoms with Crippen molar-refractivity contribution in [1.82, 2.24) is 4.90 Å². The minimum Gasteiger partial charge on any atom is -0.481 e. The Kier molecular flexibility index (Phi) is 4.01. The second kappa shape index (κ2) is 4.94. The van der Waals surface area contributed by atoms with Crippen LogP contribution in [0.1, 0.15) is 34.1 Å². The maximum atomic E-state index is 11.8. The predicted molar refractivity (Wildman–Crippen MR) is 62.7 cm³/mol. The second-order valence-electron chi connectivity index (χ2n) is 5.64. The molecular weight excluding hydrogens is 222 g/mol. The van der Waals surface area contributed by atoms with Gasteiger partial charge in [-0.1, -0.05) is 6.92 Å². The molecule has 1 aliphatic heterocycles. The van der Waals surface area contributed by atoms with Crippen LogP contribution in [0, 0.1) is 11.8 Å². The summed E-state index contributed by atoms with van der Waals surface area (Å²) in [7, 11) is 0. The number of hydrogen-bond donors (Lipinski definition) is 1. The molecule has 5 nitrogen and oxygen atoms in total. The Balaban J connectivity index is 2.55. The molecule has 0 bridgehead atoms. The fourth-order valence-electron chi connectivity index (χ4n) is 2.00. The SMILES string of the molecule is C[C@@H]1CN(C(=O)OC(C)(C)C)CCC1C(=O)O. The third kappa shape index (κ3) is 3.91. The van der Waals surface area contributed by atoms with Crippen LogP contribution in [0.3, 0.4) is 0 Å². The zero-order valence-corrected chi connectivity index (χ0v) is 10.9. The van der Waals surface area contributed by atoms with E-state index in [0.717, 1.165) is 0 Å². The standard InChI is InChI=1S/C12H21NO4/c1-8-7-13(6-5-9(8)10(14)15)11(16)17-12(2,3)4/h8-9H,5-7H2,1-4H3,(H,14,15)/t8-,9?/m1/s1.